The molecule has 0 saturated heterocycles. The van der Waals surface area contributed by atoms with E-state index in [-0.39, 0.29) is 0 Å². The van der Waals surface area contributed by atoms with Crippen molar-refractivity contribution in [2.24, 2.45) is 0 Å². The number of hydrogen-bond acceptors (Lipinski definition) is 2. The van der Waals surface area contributed by atoms with Crippen LogP contribution in [0.5, 0.6) is 0 Å². The Morgan fingerprint density at radius 2 is 1.88 bits per heavy atom. The summed E-state index contributed by atoms with van der Waals surface area (Å²) in [6.07, 6.45) is 1.78. The number of rotatable bonds is 2. The summed E-state index contributed by atoms with van der Waals surface area (Å²) in [7, 11) is 0. The van der Waals surface area contributed by atoms with Crippen molar-refractivity contribution in [3.63, 3.8) is 0 Å². The second-order valence-corrected chi connectivity index (χ2v) is 4.08. The fraction of sp³-hybridized carbons (Fsp3) is 0.143. The molecular weight excluding hydrogens is 210 g/mol. The highest BCUT2D eigenvalue weighted by molar-refractivity contribution is 5.71. The molecule has 84 valence electrons. The Hall–Kier alpha value is -2.16. The van der Waals surface area contributed by atoms with Gasteiger partial charge in [-0.3, -0.25) is 0 Å². The first-order valence-corrected chi connectivity index (χ1v) is 5.66. The van der Waals surface area contributed by atoms with Gasteiger partial charge in [0.1, 0.15) is 5.82 Å². The number of imidazole rings is 1. The van der Waals surface area contributed by atoms with Crippen LogP contribution in [-0.4, -0.2) is 14.5 Å². The minimum Gasteiger partial charge on any atom is -0.322 e. The van der Waals surface area contributed by atoms with E-state index in [1.807, 2.05) is 19.1 Å². The lowest BCUT2D eigenvalue weighted by atomic mass is 10.2. The molecule has 3 aromatic rings. The molecule has 0 unspecified atom stereocenters. The second kappa shape index (κ2) is 4.01. The molecule has 0 N–H and O–H groups in total. The lowest BCUT2D eigenvalue weighted by Crippen LogP contribution is -2.01. The van der Waals surface area contributed by atoms with Crippen LogP contribution in [0.15, 0.2) is 48.7 Å². The molecule has 1 aromatic carbocycles. The standard InChI is InChI=1S/C14H13N3/c1-11-16-14-13(8-5-9-15-14)17(11)10-12-6-3-2-4-7-12/h2-9H,10H2,1H3. The van der Waals surface area contributed by atoms with Crippen LogP contribution < -0.4 is 0 Å². The van der Waals surface area contributed by atoms with Gasteiger partial charge in [-0.25, -0.2) is 9.97 Å². The molecule has 0 radical (unpaired) electrons. The van der Waals surface area contributed by atoms with Gasteiger partial charge in [-0.2, -0.15) is 0 Å². The average molecular weight is 223 g/mol. The number of nitrogens with zero attached hydrogens (tertiary/aromatic N) is 3. The molecule has 0 atom stereocenters. The summed E-state index contributed by atoms with van der Waals surface area (Å²) in [4.78, 5) is 8.73. The summed E-state index contributed by atoms with van der Waals surface area (Å²) < 4.78 is 2.19. The monoisotopic (exact) mass is 223 g/mol. The van der Waals surface area contributed by atoms with E-state index in [0.717, 1.165) is 23.5 Å². The van der Waals surface area contributed by atoms with Crippen LogP contribution in [-0.2, 0) is 6.54 Å². The van der Waals surface area contributed by atoms with Crippen LogP contribution in [0, 0.1) is 6.92 Å². The van der Waals surface area contributed by atoms with E-state index < -0.39 is 0 Å². The van der Waals surface area contributed by atoms with Crippen molar-refractivity contribution in [2.75, 3.05) is 0 Å². The van der Waals surface area contributed by atoms with Gasteiger partial charge in [0, 0.05) is 12.7 Å². The van der Waals surface area contributed by atoms with E-state index in [4.69, 9.17) is 0 Å². The Morgan fingerprint density at radius 3 is 2.71 bits per heavy atom. The zero-order chi connectivity index (χ0) is 11.7. The van der Waals surface area contributed by atoms with Crippen LogP contribution in [0.1, 0.15) is 11.4 Å². The Labute approximate surface area is 99.8 Å². The molecule has 3 heteroatoms. The number of aryl methyl sites for hydroxylation is 1. The van der Waals surface area contributed by atoms with Crippen molar-refractivity contribution in [2.45, 2.75) is 13.5 Å². The van der Waals surface area contributed by atoms with Gasteiger partial charge in [-0.1, -0.05) is 30.3 Å². The maximum atomic E-state index is 4.46. The highest BCUT2D eigenvalue weighted by atomic mass is 15.1. The molecule has 2 heterocycles. The smallest absolute Gasteiger partial charge is 0.177 e. The minimum atomic E-state index is 0.820. The Bertz CT molecular complexity index is 641. The topological polar surface area (TPSA) is 30.7 Å². The van der Waals surface area contributed by atoms with Gasteiger partial charge in [-0.05, 0) is 24.6 Å². The van der Waals surface area contributed by atoms with Crippen LogP contribution in [0.3, 0.4) is 0 Å². The quantitative estimate of drug-likeness (QED) is 0.668. The molecule has 0 bridgehead atoms. The number of hydrogen-bond donors (Lipinski definition) is 0. The number of benzene rings is 1. The SMILES string of the molecule is Cc1nc2ncccc2n1Cc1ccccc1. The fourth-order valence-corrected chi connectivity index (χ4v) is 2.04. The first kappa shape index (κ1) is 10.0. The summed E-state index contributed by atoms with van der Waals surface area (Å²) in [5, 5.41) is 0. The van der Waals surface area contributed by atoms with Gasteiger partial charge < -0.3 is 4.57 Å². The molecule has 3 nitrogen and oxygen atoms in total. The van der Waals surface area contributed by atoms with Crippen LogP contribution >= 0.6 is 0 Å². The normalized spacial score (nSPS) is 10.9. The summed E-state index contributed by atoms with van der Waals surface area (Å²) >= 11 is 0. The Kier molecular flexibility index (Phi) is 2.37. The largest absolute Gasteiger partial charge is 0.322 e. The molecular formula is C14H13N3. The highest BCUT2D eigenvalue weighted by Crippen LogP contribution is 2.15. The van der Waals surface area contributed by atoms with E-state index >= 15 is 0 Å². The molecule has 3 rings (SSSR count). The third kappa shape index (κ3) is 1.80. The molecule has 0 spiro atoms. The number of aromatic nitrogens is 3. The third-order valence-electron chi connectivity index (χ3n) is 2.90. The summed E-state index contributed by atoms with van der Waals surface area (Å²) in [6, 6.07) is 14.4. The Balaban J connectivity index is 2.08. The van der Waals surface area contributed by atoms with Gasteiger partial charge >= 0.3 is 0 Å². The van der Waals surface area contributed by atoms with Crippen molar-refractivity contribution in [1.82, 2.24) is 14.5 Å². The molecule has 0 amide bonds. The van der Waals surface area contributed by atoms with E-state index in [1.54, 1.807) is 6.20 Å². The third-order valence-corrected chi connectivity index (χ3v) is 2.90. The zero-order valence-electron chi connectivity index (χ0n) is 9.67. The van der Waals surface area contributed by atoms with Gasteiger partial charge in [0.25, 0.3) is 0 Å². The molecule has 0 aliphatic carbocycles. The van der Waals surface area contributed by atoms with Crippen LogP contribution in [0.25, 0.3) is 11.2 Å². The van der Waals surface area contributed by atoms with Crippen LogP contribution in [0.2, 0.25) is 0 Å². The van der Waals surface area contributed by atoms with Crippen molar-refractivity contribution < 1.29 is 0 Å². The Morgan fingerprint density at radius 1 is 1.06 bits per heavy atom. The molecule has 0 aliphatic rings. The van der Waals surface area contributed by atoms with Crippen molar-refractivity contribution in [1.29, 1.82) is 0 Å². The summed E-state index contributed by atoms with van der Waals surface area (Å²) in [5.74, 6) is 1.00. The second-order valence-electron chi connectivity index (χ2n) is 4.08. The first-order valence-electron chi connectivity index (χ1n) is 5.66. The molecule has 0 fully saturated rings. The lowest BCUT2D eigenvalue weighted by molar-refractivity contribution is 0.786. The van der Waals surface area contributed by atoms with Gasteiger partial charge in [-0.15, -0.1) is 0 Å². The van der Waals surface area contributed by atoms with Crippen molar-refractivity contribution >= 4 is 11.2 Å². The predicted octanol–water partition coefficient (Wildman–Crippen LogP) is 2.79. The van der Waals surface area contributed by atoms with E-state index in [0.29, 0.717) is 0 Å². The molecule has 0 aliphatic heterocycles. The van der Waals surface area contributed by atoms with Gasteiger partial charge in [0.2, 0.25) is 0 Å². The van der Waals surface area contributed by atoms with Crippen molar-refractivity contribution in [3.8, 4) is 0 Å². The maximum Gasteiger partial charge on any atom is 0.177 e. The van der Waals surface area contributed by atoms with E-state index in [1.165, 1.54) is 5.56 Å². The average Bonchev–Trinajstić information content (AvgIpc) is 2.68. The minimum absolute atomic E-state index is 0.820. The molecule has 2 aromatic heterocycles. The van der Waals surface area contributed by atoms with E-state index in [2.05, 4.69) is 44.9 Å². The van der Waals surface area contributed by atoms with Gasteiger partial charge in [0.15, 0.2) is 5.65 Å². The maximum absolute atomic E-state index is 4.46. The highest BCUT2D eigenvalue weighted by Gasteiger charge is 2.07. The first-order chi connectivity index (χ1) is 8.34. The predicted molar refractivity (Wildman–Crippen MR) is 67.8 cm³/mol. The van der Waals surface area contributed by atoms with E-state index in [9.17, 15) is 0 Å². The van der Waals surface area contributed by atoms with Gasteiger partial charge in [0.05, 0.1) is 5.52 Å². The molecule has 17 heavy (non-hydrogen) atoms. The number of fused-ring (bicyclic) bond motifs is 1. The number of pyridine rings is 1. The fourth-order valence-electron chi connectivity index (χ4n) is 2.04. The van der Waals surface area contributed by atoms with Crippen molar-refractivity contribution in [3.05, 3.63) is 60.0 Å². The molecule has 0 saturated carbocycles. The van der Waals surface area contributed by atoms with Crippen LogP contribution in [0.4, 0.5) is 0 Å². The summed E-state index contributed by atoms with van der Waals surface area (Å²) in [6.45, 7) is 2.86. The zero-order valence-corrected chi connectivity index (χ0v) is 9.67. The summed E-state index contributed by atoms with van der Waals surface area (Å²) in [5.41, 5.74) is 3.19. The lowest BCUT2D eigenvalue weighted by Gasteiger charge is -2.06.